The highest BCUT2D eigenvalue weighted by molar-refractivity contribution is 7.87. The molecule has 2 heterocycles. The first kappa shape index (κ1) is 24.4. The Morgan fingerprint density at radius 1 is 0.892 bits per heavy atom. The minimum Gasteiger partial charge on any atom is -0.478 e. The number of nitrogens with zero attached hydrogens (tertiary/aromatic N) is 2. The molecule has 2 N–H and O–H groups in total. The van der Waals surface area contributed by atoms with E-state index in [1.165, 1.54) is 22.5 Å². The summed E-state index contributed by atoms with van der Waals surface area (Å²) in [5.41, 5.74) is 2.40. The number of hydrogen-bond acceptors (Lipinski definition) is 5. The zero-order valence-corrected chi connectivity index (χ0v) is 20.4. The molecule has 0 bridgehead atoms. The molecule has 9 nitrogen and oxygen atoms in total. The van der Waals surface area contributed by atoms with Crippen LogP contribution < -0.4 is 5.56 Å². The van der Waals surface area contributed by atoms with Gasteiger partial charge in [-0.1, -0.05) is 42.5 Å². The zero-order valence-electron chi connectivity index (χ0n) is 19.6. The highest BCUT2D eigenvalue weighted by Crippen LogP contribution is 2.24. The molecule has 1 fully saturated rings. The van der Waals surface area contributed by atoms with Crippen molar-refractivity contribution >= 4 is 33.0 Å². The van der Waals surface area contributed by atoms with E-state index in [1.807, 2.05) is 6.07 Å². The number of benzene rings is 3. The average Bonchev–Trinajstić information content (AvgIpc) is 3.74. The van der Waals surface area contributed by atoms with Gasteiger partial charge in [-0.3, -0.25) is 9.59 Å². The third-order valence-electron chi connectivity index (χ3n) is 6.17. The quantitative estimate of drug-likeness (QED) is 0.346. The number of aromatic nitrogens is 1. The van der Waals surface area contributed by atoms with Gasteiger partial charge in [0.2, 0.25) is 0 Å². The highest BCUT2D eigenvalue weighted by atomic mass is 32.2. The summed E-state index contributed by atoms with van der Waals surface area (Å²) in [6, 6.07) is 21.5. The Labute approximate surface area is 212 Å². The lowest BCUT2D eigenvalue weighted by Gasteiger charge is -2.23. The maximum Gasteiger partial charge on any atom is 0.335 e. The standard InChI is InChI=1S/C27H23N3O6S/c31-25-23(14-18-6-8-20(9-7-18)27(33)34)16-22-15-21(10-11-24(22)28-25)26(32)30(37(35,36)29-12-13-29)17-19-4-2-1-3-5-19/h1-11,15-16H,12-14,17H2,(H,28,31)(H,33,34). The molecule has 0 spiro atoms. The number of carbonyl (C=O) groups excluding carboxylic acids is 1. The van der Waals surface area contributed by atoms with Crippen LogP contribution in [0.3, 0.4) is 0 Å². The molecule has 188 valence electrons. The molecule has 3 aromatic carbocycles. The number of pyridine rings is 1. The molecular formula is C27H23N3O6S. The number of aromatic carboxylic acids is 1. The van der Waals surface area contributed by atoms with E-state index in [2.05, 4.69) is 4.98 Å². The second kappa shape index (κ2) is 9.64. The average molecular weight is 518 g/mol. The van der Waals surface area contributed by atoms with Gasteiger partial charge in [0.1, 0.15) is 0 Å². The van der Waals surface area contributed by atoms with Crippen molar-refractivity contribution in [3.8, 4) is 0 Å². The number of carbonyl (C=O) groups is 2. The van der Waals surface area contributed by atoms with Gasteiger partial charge in [0.05, 0.1) is 12.1 Å². The van der Waals surface area contributed by atoms with Gasteiger partial charge in [0.25, 0.3) is 11.5 Å². The Morgan fingerprint density at radius 3 is 2.22 bits per heavy atom. The van der Waals surface area contributed by atoms with Crippen molar-refractivity contribution in [3.63, 3.8) is 0 Å². The fraction of sp³-hybridized carbons (Fsp3) is 0.148. The van der Waals surface area contributed by atoms with Crippen LogP contribution in [0.1, 0.15) is 37.4 Å². The summed E-state index contributed by atoms with van der Waals surface area (Å²) in [5.74, 6) is -1.69. The van der Waals surface area contributed by atoms with Gasteiger partial charge in [0.15, 0.2) is 0 Å². The second-order valence-corrected chi connectivity index (χ2v) is 10.7. The topological polar surface area (TPSA) is 128 Å². The number of carboxylic acid groups (broad SMARTS) is 1. The molecule has 1 aliphatic rings. The Hall–Kier alpha value is -4.28. The predicted molar refractivity (Wildman–Crippen MR) is 138 cm³/mol. The smallest absolute Gasteiger partial charge is 0.335 e. The summed E-state index contributed by atoms with van der Waals surface area (Å²) in [4.78, 5) is 40.0. The fourth-order valence-electron chi connectivity index (χ4n) is 4.06. The van der Waals surface area contributed by atoms with E-state index < -0.39 is 22.1 Å². The number of rotatable bonds is 8. The van der Waals surface area contributed by atoms with Crippen molar-refractivity contribution in [1.82, 2.24) is 13.6 Å². The van der Waals surface area contributed by atoms with E-state index in [9.17, 15) is 22.8 Å². The first-order chi connectivity index (χ1) is 17.7. The van der Waals surface area contributed by atoms with Gasteiger partial charge < -0.3 is 10.1 Å². The molecule has 37 heavy (non-hydrogen) atoms. The molecule has 1 aromatic heterocycles. The van der Waals surface area contributed by atoms with E-state index in [1.54, 1.807) is 54.6 Å². The Balaban J connectivity index is 1.48. The van der Waals surface area contributed by atoms with Crippen molar-refractivity contribution in [1.29, 1.82) is 0 Å². The number of H-pyrrole nitrogens is 1. The molecule has 1 saturated heterocycles. The third kappa shape index (κ3) is 5.16. The van der Waals surface area contributed by atoms with Crippen molar-refractivity contribution < 1.29 is 23.1 Å². The maximum atomic E-state index is 13.5. The number of carboxylic acids is 1. The van der Waals surface area contributed by atoms with Crippen LogP contribution in [0.25, 0.3) is 10.9 Å². The van der Waals surface area contributed by atoms with Gasteiger partial charge in [0, 0.05) is 36.2 Å². The van der Waals surface area contributed by atoms with Crippen molar-refractivity contribution in [3.05, 3.63) is 117 Å². The minimum absolute atomic E-state index is 0.0975. The minimum atomic E-state index is -3.97. The lowest BCUT2D eigenvalue weighted by atomic mass is 10.0. The van der Waals surface area contributed by atoms with Gasteiger partial charge in [-0.05, 0) is 52.9 Å². The molecule has 1 aliphatic heterocycles. The lowest BCUT2D eigenvalue weighted by Crippen LogP contribution is -2.40. The van der Waals surface area contributed by atoms with E-state index in [4.69, 9.17) is 5.11 Å². The number of aromatic amines is 1. The fourth-order valence-corrected chi connectivity index (χ4v) is 5.51. The maximum absolute atomic E-state index is 13.5. The molecule has 5 rings (SSSR count). The SMILES string of the molecule is O=C(O)c1ccc(Cc2cc3cc(C(=O)N(Cc4ccccc4)S(=O)(=O)N4CC4)ccc3[nH]c2=O)cc1. The summed E-state index contributed by atoms with van der Waals surface area (Å²) in [6.07, 6.45) is 0.257. The Kier molecular flexibility index (Phi) is 6.36. The molecule has 0 atom stereocenters. The van der Waals surface area contributed by atoms with Crippen LogP contribution in [-0.4, -0.2) is 52.1 Å². The first-order valence-electron chi connectivity index (χ1n) is 11.6. The van der Waals surface area contributed by atoms with Crippen molar-refractivity contribution in [2.75, 3.05) is 13.1 Å². The summed E-state index contributed by atoms with van der Waals surface area (Å²) in [6.45, 7) is 0.646. The van der Waals surface area contributed by atoms with Crippen LogP contribution in [0.5, 0.6) is 0 Å². The molecule has 1 amide bonds. The number of fused-ring (bicyclic) bond motifs is 1. The van der Waals surface area contributed by atoms with Crippen LogP contribution in [0.4, 0.5) is 0 Å². The summed E-state index contributed by atoms with van der Waals surface area (Å²) in [5, 5.41) is 9.65. The normalized spacial score (nSPS) is 13.4. The van der Waals surface area contributed by atoms with E-state index in [0.717, 1.165) is 9.87 Å². The molecule has 0 radical (unpaired) electrons. The van der Waals surface area contributed by atoms with E-state index in [-0.39, 0.29) is 29.7 Å². The van der Waals surface area contributed by atoms with E-state index in [0.29, 0.717) is 35.1 Å². The van der Waals surface area contributed by atoms with Crippen molar-refractivity contribution in [2.24, 2.45) is 0 Å². The molecule has 10 heteroatoms. The summed E-state index contributed by atoms with van der Waals surface area (Å²) >= 11 is 0. The first-order valence-corrected chi connectivity index (χ1v) is 13.0. The lowest BCUT2D eigenvalue weighted by molar-refractivity contribution is 0.0696. The summed E-state index contributed by atoms with van der Waals surface area (Å²) in [7, 11) is -3.97. The second-order valence-electron chi connectivity index (χ2n) is 8.81. The molecule has 0 saturated carbocycles. The monoisotopic (exact) mass is 517 g/mol. The molecule has 0 unspecified atom stereocenters. The highest BCUT2D eigenvalue weighted by Gasteiger charge is 2.40. The largest absolute Gasteiger partial charge is 0.478 e. The third-order valence-corrected chi connectivity index (χ3v) is 8.04. The van der Waals surface area contributed by atoms with Gasteiger partial charge in [-0.2, -0.15) is 12.7 Å². The predicted octanol–water partition coefficient (Wildman–Crippen LogP) is 3.02. The van der Waals surface area contributed by atoms with Crippen LogP contribution >= 0.6 is 0 Å². The zero-order chi connectivity index (χ0) is 26.2. The number of nitrogens with one attached hydrogen (secondary N) is 1. The van der Waals surface area contributed by atoms with Crippen molar-refractivity contribution in [2.45, 2.75) is 13.0 Å². The molecule has 4 aromatic rings. The van der Waals surface area contributed by atoms with Crippen LogP contribution in [-0.2, 0) is 23.2 Å². The molecular weight excluding hydrogens is 494 g/mol. The van der Waals surface area contributed by atoms with E-state index >= 15 is 0 Å². The van der Waals surface area contributed by atoms with Gasteiger partial charge >= 0.3 is 16.2 Å². The molecule has 0 aliphatic carbocycles. The Bertz CT molecular complexity index is 1660. The van der Waals surface area contributed by atoms with Crippen LogP contribution in [0.15, 0.2) is 83.7 Å². The van der Waals surface area contributed by atoms with Gasteiger partial charge in [-0.15, -0.1) is 0 Å². The Morgan fingerprint density at radius 2 is 1.57 bits per heavy atom. The summed E-state index contributed by atoms with van der Waals surface area (Å²) < 4.78 is 28.3. The number of amides is 1. The van der Waals surface area contributed by atoms with Crippen LogP contribution in [0.2, 0.25) is 0 Å². The number of hydrogen-bond donors (Lipinski definition) is 2. The van der Waals surface area contributed by atoms with Gasteiger partial charge in [-0.25, -0.2) is 9.10 Å². The van der Waals surface area contributed by atoms with Crippen LogP contribution in [0, 0.1) is 0 Å².